The molecular formula is C26H32N4O3S2. The first-order chi connectivity index (χ1) is 17.0. The molecule has 0 fully saturated rings. The van der Waals surface area contributed by atoms with Crippen molar-refractivity contribution in [2.24, 2.45) is 5.92 Å². The minimum Gasteiger partial charge on any atom is -0.497 e. The first-order valence-electron chi connectivity index (χ1n) is 12.4. The molecule has 0 bridgehead atoms. The van der Waals surface area contributed by atoms with Gasteiger partial charge in [-0.3, -0.25) is 4.79 Å². The molecule has 3 aromatic heterocycles. The number of thiophene rings is 1. The summed E-state index contributed by atoms with van der Waals surface area (Å²) in [6.07, 6.45) is 5.67. The van der Waals surface area contributed by atoms with Gasteiger partial charge in [0.25, 0.3) is 5.56 Å². The number of nitrogens with zero attached hydrogens (tertiary/aromatic N) is 4. The van der Waals surface area contributed by atoms with Gasteiger partial charge in [0.1, 0.15) is 10.6 Å². The van der Waals surface area contributed by atoms with Crippen LogP contribution in [0.15, 0.2) is 34.2 Å². The number of fused-ring (bicyclic) bond motifs is 5. The van der Waals surface area contributed by atoms with Gasteiger partial charge >= 0.3 is 0 Å². The second-order valence-electron chi connectivity index (χ2n) is 9.35. The molecule has 7 nitrogen and oxygen atoms in total. The maximum Gasteiger partial charge on any atom is 0.268 e. The van der Waals surface area contributed by atoms with Gasteiger partial charge in [0.2, 0.25) is 5.78 Å². The largest absolute Gasteiger partial charge is 0.497 e. The molecule has 0 aliphatic carbocycles. The van der Waals surface area contributed by atoms with Gasteiger partial charge in [-0.2, -0.15) is 0 Å². The molecule has 1 aliphatic rings. The highest BCUT2D eigenvalue weighted by Gasteiger charge is 2.30. The van der Waals surface area contributed by atoms with Gasteiger partial charge in [-0.1, -0.05) is 51.8 Å². The number of hydrogen-bond donors (Lipinski definition) is 0. The van der Waals surface area contributed by atoms with Gasteiger partial charge in [0, 0.05) is 17.1 Å². The molecule has 1 aliphatic heterocycles. The Bertz CT molecular complexity index is 1390. The van der Waals surface area contributed by atoms with Gasteiger partial charge in [0.05, 0.1) is 30.9 Å². The van der Waals surface area contributed by atoms with Crippen molar-refractivity contribution >= 4 is 39.1 Å². The number of unbranched alkanes of at least 4 members (excludes halogenated alkanes) is 3. The lowest BCUT2D eigenvalue weighted by molar-refractivity contribution is 0.00200. The Labute approximate surface area is 213 Å². The smallest absolute Gasteiger partial charge is 0.268 e. The summed E-state index contributed by atoms with van der Waals surface area (Å²) in [4.78, 5) is 16.1. The number of aromatic nitrogens is 4. The summed E-state index contributed by atoms with van der Waals surface area (Å²) in [5, 5.41) is 10.7. The van der Waals surface area contributed by atoms with Crippen molar-refractivity contribution in [3.05, 3.63) is 45.1 Å². The van der Waals surface area contributed by atoms with E-state index < -0.39 is 0 Å². The van der Waals surface area contributed by atoms with E-state index in [4.69, 9.17) is 9.47 Å². The first kappa shape index (κ1) is 24.3. The highest BCUT2D eigenvalue weighted by atomic mass is 32.2. The topological polar surface area (TPSA) is 70.7 Å². The van der Waals surface area contributed by atoms with E-state index in [0.717, 1.165) is 55.8 Å². The zero-order valence-electron chi connectivity index (χ0n) is 20.7. The van der Waals surface area contributed by atoms with E-state index in [1.165, 1.54) is 19.3 Å². The Morgan fingerprint density at radius 2 is 2.00 bits per heavy atom. The third-order valence-electron chi connectivity index (χ3n) is 6.65. The average molecular weight is 513 g/mol. The fourth-order valence-corrected chi connectivity index (χ4v) is 6.85. The van der Waals surface area contributed by atoms with Gasteiger partial charge in [-0.05, 0) is 42.2 Å². The Hall–Kier alpha value is -2.36. The van der Waals surface area contributed by atoms with Crippen LogP contribution in [0, 0.1) is 5.92 Å². The van der Waals surface area contributed by atoms with Crippen LogP contribution in [0.2, 0.25) is 0 Å². The third-order valence-corrected chi connectivity index (χ3v) is 8.85. The number of rotatable bonds is 9. The third kappa shape index (κ3) is 4.49. The number of thioether (sulfide) groups is 1. The van der Waals surface area contributed by atoms with Crippen LogP contribution >= 0.6 is 23.1 Å². The number of benzene rings is 1. The fraction of sp³-hybridized carbons (Fsp3) is 0.500. The minimum absolute atomic E-state index is 0.0496. The summed E-state index contributed by atoms with van der Waals surface area (Å²) < 4.78 is 15.3. The van der Waals surface area contributed by atoms with Gasteiger partial charge in [-0.15, -0.1) is 21.5 Å². The zero-order valence-corrected chi connectivity index (χ0v) is 22.4. The normalized spacial score (nSPS) is 15.9. The number of ether oxygens (including phenoxy) is 2. The Kier molecular flexibility index (Phi) is 7.18. The summed E-state index contributed by atoms with van der Waals surface area (Å²) >= 11 is 3.36. The van der Waals surface area contributed by atoms with E-state index in [2.05, 4.69) is 35.4 Å². The maximum absolute atomic E-state index is 14.1. The first-order valence-corrected chi connectivity index (χ1v) is 14.2. The monoisotopic (exact) mass is 512 g/mol. The summed E-state index contributed by atoms with van der Waals surface area (Å²) in [5.41, 5.74) is 1.82. The molecule has 0 amide bonds. The highest BCUT2D eigenvalue weighted by Crippen LogP contribution is 2.37. The van der Waals surface area contributed by atoms with Crippen LogP contribution in [-0.2, 0) is 17.8 Å². The molecule has 0 saturated carbocycles. The van der Waals surface area contributed by atoms with Crippen LogP contribution in [0.4, 0.5) is 0 Å². The summed E-state index contributed by atoms with van der Waals surface area (Å²) in [5.74, 6) is 2.65. The van der Waals surface area contributed by atoms with E-state index >= 15 is 0 Å². The van der Waals surface area contributed by atoms with Gasteiger partial charge < -0.3 is 9.47 Å². The van der Waals surface area contributed by atoms with E-state index in [1.807, 2.05) is 24.3 Å². The van der Waals surface area contributed by atoms with Gasteiger partial charge in [-0.25, -0.2) is 8.97 Å². The van der Waals surface area contributed by atoms with E-state index in [-0.39, 0.29) is 11.7 Å². The molecule has 5 rings (SSSR count). The lowest BCUT2D eigenvalue weighted by atomic mass is 9.96. The molecule has 186 valence electrons. The van der Waals surface area contributed by atoms with E-state index in [1.54, 1.807) is 34.8 Å². The molecule has 4 heterocycles. The molecular weight excluding hydrogens is 480 g/mol. The van der Waals surface area contributed by atoms with Crippen LogP contribution in [0.3, 0.4) is 0 Å². The van der Waals surface area contributed by atoms with Crippen LogP contribution in [0.5, 0.6) is 5.75 Å². The summed E-state index contributed by atoms with van der Waals surface area (Å²) in [6, 6.07) is 7.54. The number of hydrogen-bond acceptors (Lipinski definition) is 7. The van der Waals surface area contributed by atoms with Crippen molar-refractivity contribution in [1.82, 2.24) is 19.2 Å². The van der Waals surface area contributed by atoms with Crippen LogP contribution in [0.1, 0.15) is 56.9 Å². The van der Waals surface area contributed by atoms with Crippen LogP contribution in [0.25, 0.3) is 21.7 Å². The number of methoxy groups -OCH3 is 1. The molecule has 0 N–H and O–H groups in total. The van der Waals surface area contributed by atoms with E-state index in [9.17, 15) is 4.79 Å². The molecule has 0 unspecified atom stereocenters. The summed E-state index contributed by atoms with van der Waals surface area (Å²) in [7, 11) is 1.64. The van der Waals surface area contributed by atoms with Crippen molar-refractivity contribution in [2.45, 2.75) is 70.7 Å². The molecule has 4 aromatic rings. The predicted octanol–water partition coefficient (Wildman–Crippen LogP) is 5.87. The second kappa shape index (κ2) is 10.3. The Morgan fingerprint density at radius 3 is 2.71 bits per heavy atom. The lowest BCUT2D eigenvalue weighted by Crippen LogP contribution is -2.28. The molecule has 9 heteroatoms. The minimum atomic E-state index is -0.0496. The standard InChI is InChI=1S/C26H32N4O3S2/c1-5-6-7-8-13-34-26-28-27-25-29(17-9-11-18(32-4)12-10-17)23(31)22-19-14-20(16(2)3)33-15-21(19)35-24(22)30(25)26/h9-12,16,20H,5-8,13-15H2,1-4H3/t20-/m0/s1. The Morgan fingerprint density at radius 1 is 1.20 bits per heavy atom. The van der Waals surface area contributed by atoms with Crippen molar-refractivity contribution in [1.29, 1.82) is 0 Å². The lowest BCUT2D eigenvalue weighted by Gasteiger charge is -2.26. The SMILES string of the molecule is CCCCCCSc1nnc2n(-c3ccc(OC)cc3)c(=O)c3c4c(sc3n12)CO[C@H](C(C)C)C4. The second-order valence-corrected chi connectivity index (χ2v) is 11.5. The fourth-order valence-electron chi connectivity index (χ4n) is 4.62. The maximum atomic E-state index is 14.1. The van der Waals surface area contributed by atoms with Gasteiger partial charge in [0.15, 0.2) is 5.16 Å². The van der Waals surface area contributed by atoms with Crippen molar-refractivity contribution in [2.75, 3.05) is 12.9 Å². The van der Waals surface area contributed by atoms with Crippen LogP contribution < -0.4 is 10.3 Å². The molecule has 0 saturated heterocycles. The van der Waals surface area contributed by atoms with Crippen LogP contribution in [-0.4, -0.2) is 38.1 Å². The zero-order chi connectivity index (χ0) is 24.5. The van der Waals surface area contributed by atoms with Crippen molar-refractivity contribution in [3.63, 3.8) is 0 Å². The molecule has 0 radical (unpaired) electrons. The average Bonchev–Trinajstić information content (AvgIpc) is 3.45. The molecule has 1 aromatic carbocycles. The summed E-state index contributed by atoms with van der Waals surface area (Å²) in [6.45, 7) is 7.11. The molecule has 35 heavy (non-hydrogen) atoms. The molecule has 1 atom stereocenters. The van der Waals surface area contributed by atoms with Crippen molar-refractivity contribution in [3.8, 4) is 11.4 Å². The quantitative estimate of drug-likeness (QED) is 0.206. The van der Waals surface area contributed by atoms with E-state index in [0.29, 0.717) is 18.3 Å². The molecule has 0 spiro atoms. The van der Waals surface area contributed by atoms with Crippen molar-refractivity contribution < 1.29 is 9.47 Å². The Balaban J connectivity index is 1.69. The predicted molar refractivity (Wildman–Crippen MR) is 143 cm³/mol. The highest BCUT2D eigenvalue weighted by molar-refractivity contribution is 7.99.